The van der Waals surface area contributed by atoms with Gasteiger partial charge in [-0.2, -0.15) is 13.2 Å². The third-order valence-corrected chi connectivity index (χ3v) is 4.01. The molecule has 1 N–H and O–H groups in total. The second kappa shape index (κ2) is 6.59. The Hall–Kier alpha value is -2.44. The monoisotopic (exact) mass is 337 g/mol. The molecule has 0 amide bonds. The van der Waals surface area contributed by atoms with Gasteiger partial charge in [0.25, 0.3) is 0 Å². The smallest absolute Gasteiger partial charge is 0.417 e. The molecule has 3 rings (SSSR count). The van der Waals surface area contributed by atoms with Crippen molar-refractivity contribution in [2.45, 2.75) is 18.7 Å². The van der Waals surface area contributed by atoms with Crippen molar-refractivity contribution < 1.29 is 17.9 Å². The number of para-hydroxylation sites is 2. The number of nitrogens with one attached hydrogen (secondary N) is 1. The van der Waals surface area contributed by atoms with E-state index in [9.17, 15) is 13.2 Å². The van der Waals surface area contributed by atoms with Crippen LogP contribution in [0.15, 0.2) is 42.6 Å². The molecule has 0 bridgehead atoms. The number of hydrogen-bond acceptors (Lipinski definition) is 4. The highest BCUT2D eigenvalue weighted by Gasteiger charge is 2.31. The van der Waals surface area contributed by atoms with Crippen LogP contribution in [0.4, 0.5) is 24.5 Å². The van der Waals surface area contributed by atoms with Crippen LogP contribution in [0.25, 0.3) is 0 Å². The Morgan fingerprint density at radius 3 is 2.67 bits per heavy atom. The third-order valence-electron chi connectivity index (χ3n) is 4.01. The first-order chi connectivity index (χ1) is 11.5. The second-order valence-corrected chi connectivity index (χ2v) is 5.62. The fraction of sp³-hybridized carbons (Fsp3) is 0.353. The van der Waals surface area contributed by atoms with E-state index in [4.69, 9.17) is 4.74 Å². The summed E-state index contributed by atoms with van der Waals surface area (Å²) in [7, 11) is 1.87. The van der Waals surface area contributed by atoms with Crippen LogP contribution in [-0.2, 0) is 6.18 Å². The molecule has 4 nitrogen and oxygen atoms in total. The highest BCUT2D eigenvalue weighted by atomic mass is 19.4. The van der Waals surface area contributed by atoms with E-state index in [1.54, 1.807) is 0 Å². The topological polar surface area (TPSA) is 37.4 Å². The Bertz CT molecular complexity index is 688. The van der Waals surface area contributed by atoms with Crippen LogP contribution in [0.1, 0.15) is 12.0 Å². The summed E-state index contributed by atoms with van der Waals surface area (Å²) in [6, 6.07) is 10.2. The van der Waals surface area contributed by atoms with Gasteiger partial charge in [-0.05, 0) is 18.2 Å². The highest BCUT2D eigenvalue weighted by Crippen LogP contribution is 2.31. The lowest BCUT2D eigenvalue weighted by molar-refractivity contribution is -0.137. The zero-order valence-electron chi connectivity index (χ0n) is 13.2. The number of nitrogens with zero attached hydrogens (tertiary/aromatic N) is 2. The van der Waals surface area contributed by atoms with E-state index in [2.05, 4.69) is 15.2 Å². The van der Waals surface area contributed by atoms with Gasteiger partial charge < -0.3 is 15.0 Å². The van der Waals surface area contributed by atoms with Gasteiger partial charge in [0, 0.05) is 32.3 Å². The molecule has 1 aliphatic heterocycles. The Morgan fingerprint density at radius 2 is 2.00 bits per heavy atom. The van der Waals surface area contributed by atoms with Crippen molar-refractivity contribution in [3.05, 3.63) is 48.2 Å². The van der Waals surface area contributed by atoms with Crippen LogP contribution in [0.5, 0.6) is 5.88 Å². The minimum absolute atomic E-state index is 0.0980. The van der Waals surface area contributed by atoms with Crippen molar-refractivity contribution in [1.82, 2.24) is 4.98 Å². The summed E-state index contributed by atoms with van der Waals surface area (Å²) < 4.78 is 43.4. The molecule has 0 aliphatic carbocycles. The maximum atomic E-state index is 12.5. The molecule has 7 heteroatoms. The molecule has 1 aromatic heterocycles. The van der Waals surface area contributed by atoms with Gasteiger partial charge in [0.15, 0.2) is 0 Å². The van der Waals surface area contributed by atoms with Crippen LogP contribution in [0.2, 0.25) is 0 Å². The number of alkyl halides is 3. The molecule has 0 unspecified atom stereocenters. The van der Waals surface area contributed by atoms with E-state index in [0.717, 1.165) is 36.6 Å². The maximum absolute atomic E-state index is 12.5. The van der Waals surface area contributed by atoms with Gasteiger partial charge in [-0.25, -0.2) is 4.98 Å². The third kappa shape index (κ3) is 3.55. The fourth-order valence-corrected chi connectivity index (χ4v) is 2.79. The number of benzene rings is 1. The summed E-state index contributed by atoms with van der Waals surface area (Å²) in [6.07, 6.45) is -2.88. The summed E-state index contributed by atoms with van der Waals surface area (Å²) in [6.45, 7) is 1.49. The molecular weight excluding hydrogens is 319 g/mol. The predicted octanol–water partition coefficient (Wildman–Crippen LogP) is 3.80. The molecule has 0 spiro atoms. The largest absolute Gasteiger partial charge is 0.472 e. The van der Waals surface area contributed by atoms with E-state index < -0.39 is 11.7 Å². The number of rotatable bonds is 4. The fourth-order valence-electron chi connectivity index (χ4n) is 2.79. The summed E-state index contributed by atoms with van der Waals surface area (Å²) in [5, 5.41) is 3.16. The minimum Gasteiger partial charge on any atom is -0.472 e. The van der Waals surface area contributed by atoms with Crippen LogP contribution in [-0.4, -0.2) is 31.2 Å². The van der Waals surface area contributed by atoms with Crippen molar-refractivity contribution in [1.29, 1.82) is 0 Å². The van der Waals surface area contributed by atoms with Crippen molar-refractivity contribution in [2.75, 3.05) is 30.4 Å². The number of halogens is 3. The summed E-state index contributed by atoms with van der Waals surface area (Å²) in [5.74, 6) is 0.219. The van der Waals surface area contributed by atoms with Gasteiger partial charge in [0.1, 0.15) is 6.10 Å². The molecule has 1 saturated heterocycles. The first-order valence-electron chi connectivity index (χ1n) is 7.69. The molecule has 1 atom stereocenters. The first-order valence-corrected chi connectivity index (χ1v) is 7.69. The number of anilines is 2. The Labute approximate surface area is 138 Å². The Morgan fingerprint density at radius 1 is 1.21 bits per heavy atom. The van der Waals surface area contributed by atoms with Crippen LogP contribution < -0.4 is 15.0 Å². The average Bonchev–Trinajstić information content (AvgIpc) is 3.03. The number of pyridine rings is 1. The molecule has 1 aliphatic rings. The Kier molecular flexibility index (Phi) is 4.51. The van der Waals surface area contributed by atoms with Gasteiger partial charge in [-0.3, -0.25) is 0 Å². The van der Waals surface area contributed by atoms with E-state index in [1.807, 2.05) is 31.3 Å². The van der Waals surface area contributed by atoms with E-state index in [0.29, 0.717) is 6.54 Å². The number of ether oxygens (including phenoxy) is 1. The number of hydrogen-bond donors (Lipinski definition) is 1. The molecule has 2 heterocycles. The summed E-state index contributed by atoms with van der Waals surface area (Å²) >= 11 is 0. The molecule has 24 heavy (non-hydrogen) atoms. The minimum atomic E-state index is -4.38. The lowest BCUT2D eigenvalue weighted by Gasteiger charge is -2.21. The van der Waals surface area contributed by atoms with Crippen molar-refractivity contribution in [3.8, 4) is 5.88 Å². The summed E-state index contributed by atoms with van der Waals surface area (Å²) in [4.78, 5) is 5.96. The van der Waals surface area contributed by atoms with Crippen molar-refractivity contribution in [3.63, 3.8) is 0 Å². The quantitative estimate of drug-likeness (QED) is 0.921. The molecular formula is C17H18F3N3O. The summed E-state index contributed by atoms with van der Waals surface area (Å²) in [5.41, 5.74) is 1.35. The zero-order valence-corrected chi connectivity index (χ0v) is 13.2. The molecule has 2 aromatic rings. The maximum Gasteiger partial charge on any atom is 0.417 e. The normalized spacial score (nSPS) is 17.8. The van der Waals surface area contributed by atoms with Gasteiger partial charge in [-0.1, -0.05) is 12.1 Å². The lowest BCUT2D eigenvalue weighted by atomic mass is 10.2. The zero-order chi connectivity index (χ0) is 17.2. The Balaban J connectivity index is 1.64. The molecule has 1 aromatic carbocycles. The van der Waals surface area contributed by atoms with Crippen molar-refractivity contribution >= 4 is 11.4 Å². The van der Waals surface area contributed by atoms with Gasteiger partial charge in [-0.15, -0.1) is 0 Å². The van der Waals surface area contributed by atoms with Crippen LogP contribution >= 0.6 is 0 Å². The molecule has 1 fully saturated rings. The predicted molar refractivity (Wildman–Crippen MR) is 86.5 cm³/mol. The van der Waals surface area contributed by atoms with Gasteiger partial charge in [0.2, 0.25) is 5.88 Å². The second-order valence-electron chi connectivity index (χ2n) is 5.62. The van der Waals surface area contributed by atoms with E-state index in [1.165, 1.54) is 6.07 Å². The SMILES string of the molecule is CNc1ccccc1N1CC[C@H](Oc2ccc(C(F)(F)F)cn2)C1. The van der Waals surface area contributed by atoms with Gasteiger partial charge in [0.05, 0.1) is 23.5 Å². The van der Waals surface area contributed by atoms with Gasteiger partial charge >= 0.3 is 6.18 Å². The molecule has 128 valence electrons. The number of aromatic nitrogens is 1. The first kappa shape index (κ1) is 16.4. The average molecular weight is 337 g/mol. The standard InChI is InChI=1S/C17H18F3N3O/c1-21-14-4-2-3-5-15(14)23-9-8-13(11-23)24-16-7-6-12(10-22-16)17(18,19)20/h2-7,10,13,21H,8-9,11H2,1H3/t13-/m0/s1. The molecule has 0 radical (unpaired) electrons. The van der Waals surface area contributed by atoms with Crippen molar-refractivity contribution in [2.24, 2.45) is 0 Å². The van der Waals surface area contributed by atoms with E-state index >= 15 is 0 Å². The lowest BCUT2D eigenvalue weighted by Crippen LogP contribution is -2.25. The van der Waals surface area contributed by atoms with E-state index in [-0.39, 0.29) is 12.0 Å². The highest BCUT2D eigenvalue weighted by molar-refractivity contribution is 5.70. The van der Waals surface area contributed by atoms with Crippen LogP contribution in [0, 0.1) is 0 Å². The van der Waals surface area contributed by atoms with Crippen LogP contribution in [0.3, 0.4) is 0 Å². The molecule has 0 saturated carbocycles.